The van der Waals surface area contributed by atoms with E-state index in [1.54, 1.807) is 36.9 Å². The number of aliphatic hydroxyl groups excluding tert-OH is 1. The number of carbonyl (C=O) groups excluding carboxylic acids is 2. The van der Waals surface area contributed by atoms with Crippen molar-refractivity contribution in [3.8, 4) is 17.2 Å². The molecule has 4 aliphatic heterocycles. The van der Waals surface area contributed by atoms with E-state index in [0.717, 1.165) is 25.7 Å². The van der Waals surface area contributed by atoms with Gasteiger partial charge in [-0.05, 0) is 20.3 Å². The highest BCUT2D eigenvalue weighted by molar-refractivity contribution is 6.66. The number of unbranched alkanes of at least 4 members (excludes halogenated alkanes) is 3. The molecule has 0 saturated heterocycles. The zero-order valence-corrected chi connectivity index (χ0v) is 28.9. The summed E-state index contributed by atoms with van der Waals surface area (Å²) < 4.78 is 25.5. The fraction of sp³-hybridized carbons (Fsp3) is 0.457. The number of aldehydes is 1. The van der Waals surface area contributed by atoms with Crippen LogP contribution in [0.2, 0.25) is 0 Å². The van der Waals surface area contributed by atoms with Crippen molar-refractivity contribution < 1.29 is 48.8 Å². The van der Waals surface area contributed by atoms with Gasteiger partial charge in [-0.25, -0.2) is 19.7 Å². The smallest absolute Gasteiger partial charge is 0.375 e. The molecule has 0 amide bonds. The van der Waals surface area contributed by atoms with Gasteiger partial charge in [0.25, 0.3) is 5.84 Å². The molecule has 0 aliphatic carbocycles. The van der Waals surface area contributed by atoms with Crippen molar-refractivity contribution in [3.63, 3.8) is 0 Å². The minimum Gasteiger partial charge on any atom is -0.857 e. The van der Waals surface area contributed by atoms with Gasteiger partial charge >= 0.3 is 11.9 Å². The Morgan fingerprint density at radius 3 is 2.76 bits per heavy atom. The largest absolute Gasteiger partial charge is 0.857 e. The summed E-state index contributed by atoms with van der Waals surface area (Å²) in [6, 6.07) is 0. The van der Waals surface area contributed by atoms with Crippen LogP contribution in [0, 0.1) is 5.41 Å². The van der Waals surface area contributed by atoms with Crippen LogP contribution in [0.1, 0.15) is 69.6 Å². The highest BCUT2D eigenvalue weighted by Gasteiger charge is 2.45. The average molecular weight is 704 g/mol. The number of carbonyl (C=O) groups is 2. The van der Waals surface area contributed by atoms with Crippen LogP contribution in [0.4, 0.5) is 5.95 Å². The molecular formula is C35H41N7O9. The normalized spacial score (nSPS) is 21.1. The second-order valence-electron chi connectivity index (χ2n) is 12.7. The molecule has 1 aromatic heterocycles. The van der Waals surface area contributed by atoms with Crippen LogP contribution < -0.4 is 24.2 Å². The summed E-state index contributed by atoms with van der Waals surface area (Å²) in [5.41, 5.74) is 0.169. The molecule has 51 heavy (non-hydrogen) atoms. The highest BCUT2D eigenvalue weighted by Crippen LogP contribution is 2.54. The number of nitrogens with zero attached hydrogens (tertiary/aromatic N) is 5. The summed E-state index contributed by atoms with van der Waals surface area (Å²) in [5, 5.41) is 42.5. The number of benzene rings is 1. The number of ether oxygens (including phenoxy) is 4. The predicted octanol–water partition coefficient (Wildman–Crippen LogP) is 0.935. The van der Waals surface area contributed by atoms with E-state index in [1.807, 2.05) is 0 Å². The van der Waals surface area contributed by atoms with Crippen molar-refractivity contribution in [1.82, 2.24) is 9.55 Å². The second kappa shape index (κ2) is 14.6. The van der Waals surface area contributed by atoms with Crippen molar-refractivity contribution in [2.75, 3.05) is 20.4 Å². The van der Waals surface area contributed by atoms with E-state index in [1.165, 1.54) is 7.11 Å². The van der Waals surface area contributed by atoms with Gasteiger partial charge < -0.3 is 34.3 Å². The molecule has 1 aromatic carbocycles. The number of imidazole rings is 1. The van der Waals surface area contributed by atoms with Crippen LogP contribution in [0.5, 0.6) is 17.2 Å². The number of quaternary nitrogens is 1. The van der Waals surface area contributed by atoms with Crippen LogP contribution in [-0.4, -0.2) is 87.5 Å². The minimum absolute atomic E-state index is 0.0143. The lowest BCUT2D eigenvalue weighted by Crippen LogP contribution is -3.10. The zero-order chi connectivity index (χ0) is 36.4. The Labute approximate surface area is 294 Å². The lowest BCUT2D eigenvalue weighted by atomic mass is 9.86. The number of hydrogen-bond acceptors (Lipinski definition) is 12. The van der Waals surface area contributed by atoms with Crippen molar-refractivity contribution in [3.05, 3.63) is 46.5 Å². The van der Waals surface area contributed by atoms with Crippen LogP contribution in [0.25, 0.3) is 5.57 Å². The number of allylic oxidation sites excluding steroid dienone is 3. The van der Waals surface area contributed by atoms with Crippen molar-refractivity contribution in [2.45, 2.75) is 84.2 Å². The number of guanidine groups is 1. The molecule has 5 heterocycles. The standard InChI is InChI=1S/C35H41N7O9/c1-5-7-8-9-11-35(3,47)23-15-20-26(50-23)22(17-44)28-24(27(20)48-4)19(21(16-43)29(51-28)32(46)49-6-2)10-13-41-14-12-37-34(41)42-18-38-25-30(42)39-33(36)40-31(25)45/h10,12,14,16,23,44,47H,5-9,11,13,15,17-18H2,1-4H3,(H2,36,40,45)/t23-,35+/m1/s1. The van der Waals surface area contributed by atoms with Gasteiger partial charge in [-0.1, -0.05) is 38.7 Å². The molecule has 0 saturated carbocycles. The van der Waals surface area contributed by atoms with Crippen LogP contribution >= 0.6 is 0 Å². The number of aliphatic imine (C=N–C) groups is 3. The topological polar surface area (TPSA) is 218 Å². The van der Waals surface area contributed by atoms with E-state index in [-0.39, 0.29) is 71.8 Å². The Morgan fingerprint density at radius 1 is 1.25 bits per heavy atom. The molecule has 3 atom stereocenters. The van der Waals surface area contributed by atoms with Crippen LogP contribution in [0.3, 0.4) is 0 Å². The Hall–Kier alpha value is -5.19. The molecule has 4 N–H and O–H groups in total. The summed E-state index contributed by atoms with van der Waals surface area (Å²) >= 11 is 0. The number of hydrogen-bond donors (Lipinski definition) is 4. The quantitative estimate of drug-likeness (QED) is 0.124. The number of fused-ring (bicyclic) bond motifs is 3. The minimum atomic E-state index is -1.20. The van der Waals surface area contributed by atoms with Crippen molar-refractivity contribution in [1.29, 1.82) is 5.41 Å². The first-order valence-electron chi connectivity index (χ1n) is 16.9. The molecule has 1 unspecified atom stereocenters. The third-order valence-electron chi connectivity index (χ3n) is 9.39. The van der Waals surface area contributed by atoms with E-state index < -0.39 is 36.1 Å². The lowest BCUT2D eigenvalue weighted by molar-refractivity contribution is -0.730. The van der Waals surface area contributed by atoms with E-state index in [4.69, 9.17) is 24.4 Å². The van der Waals surface area contributed by atoms with Crippen molar-refractivity contribution in [2.24, 2.45) is 15.0 Å². The van der Waals surface area contributed by atoms with E-state index in [2.05, 4.69) is 26.9 Å². The third-order valence-corrected chi connectivity index (χ3v) is 9.39. The van der Waals surface area contributed by atoms with Gasteiger partial charge in [0, 0.05) is 36.2 Å². The molecule has 270 valence electrons. The highest BCUT2D eigenvalue weighted by atomic mass is 16.6. The molecular weight excluding hydrogens is 662 g/mol. The molecule has 2 aromatic rings. The van der Waals surface area contributed by atoms with Gasteiger partial charge in [-0.2, -0.15) is 9.98 Å². The molecule has 6 rings (SSSR count). The summed E-state index contributed by atoms with van der Waals surface area (Å²) in [4.78, 5) is 43.0. The van der Waals surface area contributed by atoms with Gasteiger partial charge in [-0.3, -0.25) is 14.8 Å². The Kier molecular flexibility index (Phi) is 10.2. The molecule has 0 bridgehead atoms. The molecule has 0 fully saturated rings. The Bertz CT molecular complexity index is 1920. The van der Waals surface area contributed by atoms with Crippen molar-refractivity contribution >= 4 is 47.2 Å². The SMILES string of the molecule is CCCCCC[C@](C)(O)[C@H]1Cc2c(c(CO)c3c(c2OC)C(=CCn2ccnc2[NH+]2CN=C4C([O-])=NC(=N)N=C42)C(C=O)=C(C(=O)OCC)O3)O1. The maximum absolute atomic E-state index is 13.2. The first kappa shape index (κ1) is 35.6. The first-order chi connectivity index (χ1) is 24.6. The maximum Gasteiger partial charge on any atom is 0.375 e. The monoisotopic (exact) mass is 703 g/mol. The summed E-state index contributed by atoms with van der Waals surface area (Å²) in [5.74, 6) is -1.01. The summed E-state index contributed by atoms with van der Waals surface area (Å²) in [6.07, 6.45) is 9.45. The zero-order valence-electron chi connectivity index (χ0n) is 28.9. The summed E-state index contributed by atoms with van der Waals surface area (Å²) in [7, 11) is 1.46. The third kappa shape index (κ3) is 6.45. The van der Waals surface area contributed by atoms with E-state index in [9.17, 15) is 24.9 Å². The lowest BCUT2D eigenvalue weighted by Gasteiger charge is -2.30. The van der Waals surface area contributed by atoms with Gasteiger partial charge in [0.1, 0.15) is 23.4 Å². The predicted molar refractivity (Wildman–Crippen MR) is 182 cm³/mol. The van der Waals surface area contributed by atoms with Gasteiger partial charge in [0.05, 0.1) is 48.8 Å². The molecule has 16 heteroatoms. The van der Waals surface area contributed by atoms with Gasteiger partial charge in [-0.15, -0.1) is 0 Å². The number of amidine groups is 1. The number of aliphatic hydroxyl groups is 2. The molecule has 4 aliphatic rings. The number of methoxy groups -OCH3 is 1. The first-order valence-corrected chi connectivity index (χ1v) is 16.9. The molecule has 16 nitrogen and oxygen atoms in total. The van der Waals surface area contributed by atoms with Gasteiger partial charge in [0.2, 0.25) is 11.7 Å². The maximum atomic E-state index is 13.2. The fourth-order valence-corrected chi connectivity index (χ4v) is 6.84. The van der Waals surface area contributed by atoms with E-state index in [0.29, 0.717) is 40.4 Å². The Morgan fingerprint density at radius 2 is 2.06 bits per heavy atom. The summed E-state index contributed by atoms with van der Waals surface area (Å²) in [6.45, 7) is 5.14. The second-order valence-corrected chi connectivity index (χ2v) is 12.7. The number of aromatic nitrogens is 2. The number of esters is 1. The van der Waals surface area contributed by atoms with Gasteiger partial charge in [0.15, 0.2) is 18.7 Å². The molecule has 0 radical (unpaired) electrons. The van der Waals surface area contributed by atoms with E-state index >= 15 is 0 Å². The van der Waals surface area contributed by atoms with Crippen LogP contribution in [-0.2, 0) is 33.9 Å². The average Bonchev–Trinajstić information content (AvgIpc) is 3.86. The Balaban J connectivity index is 1.44. The number of nitrogens with one attached hydrogen (secondary N) is 2. The van der Waals surface area contributed by atoms with Crippen LogP contribution in [0.15, 0.2) is 44.8 Å². The number of rotatable bonds is 14. The fourth-order valence-electron chi connectivity index (χ4n) is 6.84. The molecule has 0 spiro atoms.